The summed E-state index contributed by atoms with van der Waals surface area (Å²) in [5.41, 5.74) is 1.17. The van der Waals surface area contributed by atoms with E-state index in [2.05, 4.69) is 13.8 Å². The lowest BCUT2D eigenvalue weighted by molar-refractivity contribution is -0.922. The Labute approximate surface area is 161 Å². The maximum atomic E-state index is 6.13. The molecule has 4 rings (SSSR count). The molecule has 1 aliphatic rings. The van der Waals surface area contributed by atoms with Gasteiger partial charge in [-0.3, -0.25) is 0 Å². The lowest BCUT2D eigenvalue weighted by Crippen LogP contribution is -3.12. The van der Waals surface area contributed by atoms with Gasteiger partial charge in [0.2, 0.25) is 5.88 Å². The number of fused-ring (bicyclic) bond motifs is 1. The minimum Gasteiger partial charge on any atom is -0.438 e. The maximum Gasteiger partial charge on any atom is 0.231 e. The van der Waals surface area contributed by atoms with Gasteiger partial charge in [-0.1, -0.05) is 17.7 Å². The van der Waals surface area contributed by atoms with Crippen molar-refractivity contribution in [3.63, 3.8) is 0 Å². The van der Waals surface area contributed by atoms with Gasteiger partial charge in [0.05, 0.1) is 18.6 Å². The molecule has 1 aromatic carbocycles. The Bertz CT molecular complexity index is 938. The van der Waals surface area contributed by atoms with Crippen LogP contribution in [0.3, 0.4) is 0 Å². The highest BCUT2D eigenvalue weighted by molar-refractivity contribution is 7.18. The highest BCUT2D eigenvalue weighted by Gasteiger charge is 2.20. The first-order chi connectivity index (χ1) is 12.6. The first-order valence-corrected chi connectivity index (χ1v) is 9.91. The number of hydrogen-bond donors (Lipinski definition) is 1. The Morgan fingerprint density at radius 2 is 2.04 bits per heavy atom. The first-order valence-electron chi connectivity index (χ1n) is 8.71. The Morgan fingerprint density at radius 3 is 2.81 bits per heavy atom. The van der Waals surface area contributed by atoms with Crippen molar-refractivity contribution >= 4 is 33.2 Å². The topological polar surface area (TPSA) is 48.7 Å². The molecule has 1 N–H and O–H groups in total. The van der Waals surface area contributed by atoms with Gasteiger partial charge in [-0.25, -0.2) is 4.98 Å². The Hall–Kier alpha value is -1.73. The van der Waals surface area contributed by atoms with Crippen molar-refractivity contribution in [2.45, 2.75) is 20.4 Å². The fourth-order valence-corrected chi connectivity index (χ4v) is 4.33. The van der Waals surface area contributed by atoms with Crippen molar-refractivity contribution in [1.82, 2.24) is 9.97 Å². The second kappa shape index (κ2) is 7.48. The molecule has 7 heteroatoms. The molecule has 0 radical (unpaired) electrons. The van der Waals surface area contributed by atoms with Crippen molar-refractivity contribution in [3.05, 3.63) is 45.6 Å². The van der Waals surface area contributed by atoms with E-state index in [1.54, 1.807) is 17.4 Å². The van der Waals surface area contributed by atoms with Gasteiger partial charge in [0, 0.05) is 9.90 Å². The SMILES string of the molecule is Cc1sc2nc(C[NH+]3CCOCC3)nc(Oc3cccc(Cl)c3)c2c1C. The first kappa shape index (κ1) is 17.7. The summed E-state index contributed by atoms with van der Waals surface area (Å²) < 4.78 is 11.6. The van der Waals surface area contributed by atoms with E-state index in [4.69, 9.17) is 31.0 Å². The molecule has 26 heavy (non-hydrogen) atoms. The normalized spacial score (nSPS) is 15.5. The van der Waals surface area contributed by atoms with E-state index in [0.717, 1.165) is 48.9 Å². The summed E-state index contributed by atoms with van der Waals surface area (Å²) in [6.07, 6.45) is 0. The molecule has 0 atom stereocenters. The van der Waals surface area contributed by atoms with E-state index in [-0.39, 0.29) is 0 Å². The highest BCUT2D eigenvalue weighted by atomic mass is 35.5. The second-order valence-corrected chi connectivity index (χ2v) is 8.15. The summed E-state index contributed by atoms with van der Waals surface area (Å²) in [4.78, 5) is 13.2. The molecular weight excluding hydrogens is 370 g/mol. The fraction of sp³-hybridized carbons (Fsp3) is 0.368. The minimum atomic E-state index is 0.613. The molecule has 3 heterocycles. The largest absolute Gasteiger partial charge is 0.438 e. The van der Waals surface area contributed by atoms with Gasteiger partial charge in [0.1, 0.15) is 30.2 Å². The van der Waals surface area contributed by atoms with Gasteiger partial charge >= 0.3 is 0 Å². The van der Waals surface area contributed by atoms with Gasteiger partial charge < -0.3 is 14.4 Å². The van der Waals surface area contributed by atoms with Crippen LogP contribution in [0.2, 0.25) is 5.02 Å². The maximum absolute atomic E-state index is 6.13. The molecule has 1 saturated heterocycles. The van der Waals surface area contributed by atoms with Crippen LogP contribution in [0.25, 0.3) is 10.2 Å². The molecule has 0 bridgehead atoms. The predicted molar refractivity (Wildman–Crippen MR) is 104 cm³/mol. The van der Waals surface area contributed by atoms with Gasteiger partial charge in [-0.05, 0) is 37.6 Å². The number of nitrogens with zero attached hydrogens (tertiary/aromatic N) is 2. The van der Waals surface area contributed by atoms with Crippen molar-refractivity contribution in [2.75, 3.05) is 26.3 Å². The van der Waals surface area contributed by atoms with E-state index in [9.17, 15) is 0 Å². The van der Waals surface area contributed by atoms with Crippen LogP contribution in [0.15, 0.2) is 24.3 Å². The summed E-state index contributed by atoms with van der Waals surface area (Å²) in [5, 5.41) is 1.64. The van der Waals surface area contributed by atoms with Crippen LogP contribution in [-0.2, 0) is 11.3 Å². The van der Waals surface area contributed by atoms with Crippen LogP contribution in [0.4, 0.5) is 0 Å². The number of hydrogen-bond acceptors (Lipinski definition) is 5. The zero-order chi connectivity index (χ0) is 18.1. The number of rotatable bonds is 4. The summed E-state index contributed by atoms with van der Waals surface area (Å²) in [6, 6.07) is 7.40. The molecule has 5 nitrogen and oxygen atoms in total. The summed E-state index contributed by atoms with van der Waals surface area (Å²) in [7, 11) is 0. The van der Waals surface area contributed by atoms with Crippen molar-refractivity contribution in [1.29, 1.82) is 0 Å². The molecule has 0 unspecified atom stereocenters. The number of quaternary nitrogens is 1. The van der Waals surface area contributed by atoms with Crippen molar-refractivity contribution < 1.29 is 14.4 Å². The van der Waals surface area contributed by atoms with Gasteiger partial charge in [0.25, 0.3) is 0 Å². The smallest absolute Gasteiger partial charge is 0.231 e. The third-order valence-corrected chi connectivity index (χ3v) is 6.00. The highest BCUT2D eigenvalue weighted by Crippen LogP contribution is 2.36. The lowest BCUT2D eigenvalue weighted by Gasteiger charge is -2.23. The third kappa shape index (κ3) is 3.69. The molecule has 136 valence electrons. The van der Waals surface area contributed by atoms with E-state index < -0.39 is 0 Å². The van der Waals surface area contributed by atoms with E-state index >= 15 is 0 Å². The molecule has 0 amide bonds. The van der Waals surface area contributed by atoms with Crippen LogP contribution in [0.1, 0.15) is 16.3 Å². The van der Waals surface area contributed by atoms with Crippen molar-refractivity contribution in [2.24, 2.45) is 0 Å². The quantitative estimate of drug-likeness (QED) is 0.743. The van der Waals surface area contributed by atoms with E-state index in [0.29, 0.717) is 16.7 Å². The van der Waals surface area contributed by atoms with Crippen LogP contribution in [0.5, 0.6) is 11.6 Å². The second-order valence-electron chi connectivity index (χ2n) is 6.51. The minimum absolute atomic E-state index is 0.613. The standard InChI is InChI=1S/C19H20ClN3O2S/c1-12-13(2)26-19-17(12)18(25-15-5-3-4-14(20)10-15)21-16(22-19)11-23-6-8-24-9-7-23/h3-5,10H,6-9,11H2,1-2H3/p+1. The fourth-order valence-electron chi connectivity index (χ4n) is 3.11. The van der Waals surface area contributed by atoms with Crippen LogP contribution in [-0.4, -0.2) is 36.3 Å². The number of morpholine rings is 1. The molecule has 1 fully saturated rings. The Morgan fingerprint density at radius 1 is 1.23 bits per heavy atom. The summed E-state index contributed by atoms with van der Waals surface area (Å²) in [6.45, 7) is 8.53. The molecule has 0 spiro atoms. The average molecular weight is 391 g/mol. The number of thiophene rings is 1. The number of aryl methyl sites for hydroxylation is 2. The molecular formula is C19H21ClN3O2S+. The zero-order valence-electron chi connectivity index (χ0n) is 14.8. The molecule has 3 aromatic rings. The zero-order valence-corrected chi connectivity index (χ0v) is 16.4. The van der Waals surface area contributed by atoms with E-state index in [1.807, 2.05) is 18.2 Å². The Kier molecular flexibility index (Phi) is 5.09. The summed E-state index contributed by atoms with van der Waals surface area (Å²) >= 11 is 7.79. The number of nitrogens with one attached hydrogen (secondary N) is 1. The monoisotopic (exact) mass is 390 g/mol. The third-order valence-electron chi connectivity index (χ3n) is 4.66. The molecule has 2 aromatic heterocycles. The number of aromatic nitrogens is 2. The van der Waals surface area contributed by atoms with E-state index in [1.165, 1.54) is 15.3 Å². The number of ether oxygens (including phenoxy) is 2. The van der Waals surface area contributed by atoms with Crippen LogP contribution in [0, 0.1) is 13.8 Å². The van der Waals surface area contributed by atoms with Gasteiger partial charge in [-0.15, -0.1) is 11.3 Å². The van der Waals surface area contributed by atoms with Crippen molar-refractivity contribution in [3.8, 4) is 11.6 Å². The van der Waals surface area contributed by atoms with Gasteiger partial charge in [0.15, 0.2) is 5.82 Å². The number of benzene rings is 1. The molecule has 1 aliphatic heterocycles. The van der Waals surface area contributed by atoms with Gasteiger partial charge in [-0.2, -0.15) is 4.98 Å². The summed E-state index contributed by atoms with van der Waals surface area (Å²) in [5.74, 6) is 2.11. The Balaban J connectivity index is 1.72. The lowest BCUT2D eigenvalue weighted by atomic mass is 10.2. The molecule has 0 saturated carbocycles. The predicted octanol–water partition coefficient (Wildman–Crippen LogP) is 3.17. The molecule has 0 aliphatic carbocycles. The average Bonchev–Trinajstić information content (AvgIpc) is 2.90. The number of halogens is 1. The van der Waals surface area contributed by atoms with Crippen LogP contribution < -0.4 is 9.64 Å². The van der Waals surface area contributed by atoms with Crippen LogP contribution >= 0.6 is 22.9 Å².